The van der Waals surface area contributed by atoms with Crippen LogP contribution in [0.3, 0.4) is 0 Å². The molecule has 0 aliphatic carbocycles. The van der Waals surface area contributed by atoms with E-state index in [0.717, 1.165) is 5.56 Å². The van der Waals surface area contributed by atoms with Gasteiger partial charge in [-0.05, 0) is 30.5 Å². The normalized spacial score (nSPS) is 14.9. The van der Waals surface area contributed by atoms with Crippen molar-refractivity contribution in [3.05, 3.63) is 23.3 Å². The minimum atomic E-state index is -4.68. The summed E-state index contributed by atoms with van der Waals surface area (Å²) in [6, 6.07) is 3.05. The van der Waals surface area contributed by atoms with Gasteiger partial charge in [0.2, 0.25) is 0 Å². The molecule has 0 atom stereocenters. The maximum atomic E-state index is 13.1. The molecule has 0 bridgehead atoms. The van der Waals surface area contributed by atoms with E-state index in [4.69, 9.17) is 5.73 Å². The van der Waals surface area contributed by atoms with Gasteiger partial charge >= 0.3 is 18.3 Å². The Balaban J connectivity index is 2.38. The molecule has 0 aromatic heterocycles. The highest BCUT2D eigenvalue weighted by molar-refractivity contribution is 6.00. The monoisotopic (exact) mass is 276 g/mol. The minimum Gasteiger partial charge on any atom is -0.398 e. The lowest BCUT2D eigenvalue weighted by molar-refractivity contribution is -0.166. The van der Waals surface area contributed by atoms with E-state index in [1.54, 1.807) is 13.0 Å². The average molecular weight is 276 g/mol. The van der Waals surface area contributed by atoms with E-state index in [1.165, 1.54) is 6.07 Å². The molecule has 0 saturated carbocycles. The second-order valence-electron chi connectivity index (χ2n) is 4.47. The molecule has 19 heavy (non-hydrogen) atoms. The summed E-state index contributed by atoms with van der Waals surface area (Å²) in [5.74, 6) is -6.56. The van der Waals surface area contributed by atoms with Crippen LogP contribution >= 0.6 is 0 Å². The number of nitrogen functional groups attached to an aromatic ring is 1. The number of aryl methyl sites for hydroxylation is 1. The van der Waals surface area contributed by atoms with Crippen LogP contribution in [0, 0.1) is 6.92 Å². The highest BCUT2D eigenvalue weighted by Crippen LogP contribution is 2.35. The van der Waals surface area contributed by atoms with Crippen LogP contribution in [0.25, 0.3) is 0 Å². The standard InChI is InChI=1S/C12H12F4N2O/c1-6-4-7-2-3-18(9(7)5-8(6)17)11(19)12(15,16)10(13)14/h4-5,10H,2-3,17H2,1H3. The van der Waals surface area contributed by atoms with Crippen LogP contribution in [0.4, 0.5) is 28.9 Å². The molecule has 1 aromatic carbocycles. The van der Waals surface area contributed by atoms with Gasteiger partial charge in [0.25, 0.3) is 0 Å². The number of anilines is 2. The molecule has 7 heteroatoms. The van der Waals surface area contributed by atoms with Gasteiger partial charge in [0.05, 0.1) is 0 Å². The first-order valence-electron chi connectivity index (χ1n) is 5.62. The fourth-order valence-electron chi connectivity index (χ4n) is 2.06. The van der Waals surface area contributed by atoms with Gasteiger partial charge in [-0.3, -0.25) is 4.79 Å². The Morgan fingerprint density at radius 2 is 2.05 bits per heavy atom. The zero-order valence-electron chi connectivity index (χ0n) is 10.1. The van der Waals surface area contributed by atoms with Crippen molar-refractivity contribution in [3.8, 4) is 0 Å². The van der Waals surface area contributed by atoms with Crippen molar-refractivity contribution in [1.29, 1.82) is 0 Å². The Bertz CT molecular complexity index is 531. The highest BCUT2D eigenvalue weighted by atomic mass is 19.3. The molecule has 0 saturated heterocycles. The van der Waals surface area contributed by atoms with Gasteiger partial charge in [-0.25, -0.2) is 8.78 Å². The van der Waals surface area contributed by atoms with Crippen LogP contribution < -0.4 is 10.6 Å². The molecule has 2 N–H and O–H groups in total. The van der Waals surface area contributed by atoms with Crippen LogP contribution in [0.5, 0.6) is 0 Å². The van der Waals surface area contributed by atoms with E-state index in [0.29, 0.717) is 22.6 Å². The first-order chi connectivity index (χ1) is 8.75. The molecule has 3 nitrogen and oxygen atoms in total. The van der Waals surface area contributed by atoms with Crippen molar-refractivity contribution in [2.24, 2.45) is 0 Å². The number of fused-ring (bicyclic) bond motifs is 1. The summed E-state index contributed by atoms with van der Waals surface area (Å²) in [7, 11) is 0. The molecule has 0 spiro atoms. The van der Waals surface area contributed by atoms with E-state index >= 15 is 0 Å². The lowest BCUT2D eigenvalue weighted by atomic mass is 10.1. The quantitative estimate of drug-likeness (QED) is 0.666. The third-order valence-corrected chi connectivity index (χ3v) is 3.17. The highest BCUT2D eigenvalue weighted by Gasteiger charge is 2.52. The third kappa shape index (κ3) is 2.13. The number of benzene rings is 1. The van der Waals surface area contributed by atoms with E-state index < -0.39 is 18.3 Å². The Morgan fingerprint density at radius 3 is 2.63 bits per heavy atom. The maximum absolute atomic E-state index is 13.1. The number of rotatable bonds is 2. The average Bonchev–Trinajstić information content (AvgIpc) is 2.71. The largest absolute Gasteiger partial charge is 0.398 e. The van der Waals surface area contributed by atoms with Crippen molar-refractivity contribution in [2.75, 3.05) is 17.2 Å². The van der Waals surface area contributed by atoms with Crippen LogP contribution in [0.1, 0.15) is 11.1 Å². The lowest BCUT2D eigenvalue weighted by Crippen LogP contribution is -2.47. The zero-order chi connectivity index (χ0) is 14.4. The predicted molar refractivity (Wildman–Crippen MR) is 62.6 cm³/mol. The van der Waals surface area contributed by atoms with Crippen molar-refractivity contribution in [2.45, 2.75) is 25.7 Å². The Hall–Kier alpha value is -1.79. The molecule has 0 unspecified atom stereocenters. The third-order valence-electron chi connectivity index (χ3n) is 3.17. The zero-order valence-corrected chi connectivity index (χ0v) is 10.1. The molecule has 1 aliphatic rings. The van der Waals surface area contributed by atoms with Crippen LogP contribution in [0.15, 0.2) is 12.1 Å². The van der Waals surface area contributed by atoms with Gasteiger partial charge in [0.1, 0.15) is 0 Å². The number of nitrogens with zero attached hydrogens (tertiary/aromatic N) is 1. The molecule has 1 aliphatic heterocycles. The van der Waals surface area contributed by atoms with Gasteiger partial charge in [0, 0.05) is 17.9 Å². The van der Waals surface area contributed by atoms with Gasteiger partial charge in [0.15, 0.2) is 0 Å². The number of alkyl halides is 4. The number of hydrogen-bond donors (Lipinski definition) is 1. The molecule has 1 heterocycles. The van der Waals surface area contributed by atoms with Gasteiger partial charge in [-0.15, -0.1) is 0 Å². The van der Waals surface area contributed by atoms with Crippen molar-refractivity contribution in [3.63, 3.8) is 0 Å². The molecule has 2 rings (SSSR count). The van der Waals surface area contributed by atoms with Crippen molar-refractivity contribution < 1.29 is 22.4 Å². The number of nitrogens with two attached hydrogens (primary N) is 1. The van der Waals surface area contributed by atoms with Gasteiger partial charge in [-0.1, -0.05) is 6.07 Å². The van der Waals surface area contributed by atoms with Crippen LogP contribution in [-0.2, 0) is 11.2 Å². The Labute approximate surface area is 107 Å². The molecule has 104 valence electrons. The van der Waals surface area contributed by atoms with Crippen molar-refractivity contribution >= 4 is 17.3 Å². The van der Waals surface area contributed by atoms with E-state index in [2.05, 4.69) is 0 Å². The van der Waals surface area contributed by atoms with Crippen LogP contribution in [-0.4, -0.2) is 24.8 Å². The lowest BCUT2D eigenvalue weighted by Gasteiger charge is -2.23. The maximum Gasteiger partial charge on any atom is 0.384 e. The number of carbonyl (C=O) groups excluding carboxylic acids is 1. The second kappa shape index (κ2) is 4.40. The number of halogens is 4. The molecule has 1 aromatic rings. The molecule has 0 fully saturated rings. The minimum absolute atomic E-state index is 0.0423. The summed E-state index contributed by atoms with van der Waals surface area (Å²) in [5.41, 5.74) is 7.59. The molecule has 1 amide bonds. The van der Waals surface area contributed by atoms with Crippen molar-refractivity contribution in [1.82, 2.24) is 0 Å². The summed E-state index contributed by atoms with van der Waals surface area (Å²) in [4.78, 5) is 12.2. The topological polar surface area (TPSA) is 46.3 Å². The van der Waals surface area contributed by atoms with Crippen LogP contribution in [0.2, 0.25) is 0 Å². The van der Waals surface area contributed by atoms with Gasteiger partial charge < -0.3 is 10.6 Å². The summed E-state index contributed by atoms with van der Waals surface area (Å²) in [6.45, 7) is 1.70. The van der Waals surface area contributed by atoms with Gasteiger partial charge in [-0.2, -0.15) is 8.78 Å². The number of hydrogen-bond acceptors (Lipinski definition) is 2. The molecular formula is C12H12F4N2O. The van der Waals surface area contributed by atoms with E-state index in [-0.39, 0.29) is 12.2 Å². The fraction of sp³-hybridized carbons (Fsp3) is 0.417. The van der Waals surface area contributed by atoms with E-state index in [9.17, 15) is 22.4 Å². The first-order valence-corrected chi connectivity index (χ1v) is 5.62. The SMILES string of the molecule is Cc1cc2c(cc1N)N(C(=O)C(F)(F)C(F)F)CC2. The summed E-state index contributed by atoms with van der Waals surface area (Å²) >= 11 is 0. The Kier molecular flexibility index (Phi) is 3.15. The molecule has 0 radical (unpaired) electrons. The second-order valence-corrected chi connectivity index (χ2v) is 4.47. The summed E-state index contributed by atoms with van der Waals surface area (Å²) < 4.78 is 50.6. The predicted octanol–water partition coefficient (Wildman–Crippen LogP) is 2.37. The summed E-state index contributed by atoms with van der Waals surface area (Å²) in [6.07, 6.45) is -3.67. The van der Waals surface area contributed by atoms with E-state index in [1.807, 2.05) is 0 Å². The molecular weight excluding hydrogens is 264 g/mol. The fourth-order valence-corrected chi connectivity index (χ4v) is 2.06. The summed E-state index contributed by atoms with van der Waals surface area (Å²) in [5, 5.41) is 0. The number of carbonyl (C=O) groups is 1. The smallest absolute Gasteiger partial charge is 0.384 e. The number of amides is 1. The Morgan fingerprint density at radius 1 is 1.42 bits per heavy atom. The first kappa shape index (κ1) is 13.6.